The molecule has 2 heterocycles. The molecule has 0 radical (unpaired) electrons. The van der Waals surface area contributed by atoms with Gasteiger partial charge in [-0.1, -0.05) is 29.8 Å². The first-order valence-corrected chi connectivity index (χ1v) is 10.6. The summed E-state index contributed by atoms with van der Waals surface area (Å²) in [5.41, 5.74) is 1.09. The molecule has 7 nitrogen and oxygen atoms in total. The van der Waals surface area contributed by atoms with E-state index in [2.05, 4.69) is 21.7 Å². The summed E-state index contributed by atoms with van der Waals surface area (Å²) in [7, 11) is 3.20. The van der Waals surface area contributed by atoms with E-state index in [1.54, 1.807) is 11.9 Å². The van der Waals surface area contributed by atoms with Gasteiger partial charge in [-0.25, -0.2) is 4.79 Å². The lowest BCUT2D eigenvalue weighted by Gasteiger charge is -2.39. The number of nitrogens with zero attached hydrogens (tertiary/aromatic N) is 2. The first-order chi connectivity index (χ1) is 14.1. The number of guanidine groups is 1. The van der Waals surface area contributed by atoms with Gasteiger partial charge in [0.2, 0.25) is 0 Å². The van der Waals surface area contributed by atoms with Crippen molar-refractivity contribution < 1.29 is 14.3 Å². The third-order valence-corrected chi connectivity index (χ3v) is 6.31. The van der Waals surface area contributed by atoms with Crippen LogP contribution in [0.1, 0.15) is 31.2 Å². The van der Waals surface area contributed by atoms with Crippen molar-refractivity contribution in [3.05, 3.63) is 34.9 Å². The molecule has 1 amide bonds. The van der Waals surface area contributed by atoms with Gasteiger partial charge in [0.15, 0.2) is 5.96 Å². The molecule has 29 heavy (non-hydrogen) atoms. The van der Waals surface area contributed by atoms with Crippen molar-refractivity contribution in [2.24, 2.45) is 4.99 Å². The number of aliphatic imine (C=N–C) groups is 1. The number of piperidine rings is 1. The second kappa shape index (κ2) is 10.2. The van der Waals surface area contributed by atoms with Crippen molar-refractivity contribution in [3.8, 4) is 0 Å². The fourth-order valence-electron chi connectivity index (χ4n) is 4.17. The van der Waals surface area contributed by atoms with E-state index in [0.29, 0.717) is 13.1 Å². The minimum atomic E-state index is -0.257. The van der Waals surface area contributed by atoms with E-state index in [-0.39, 0.29) is 17.6 Å². The Morgan fingerprint density at radius 2 is 2.00 bits per heavy atom. The van der Waals surface area contributed by atoms with Crippen molar-refractivity contribution >= 4 is 23.7 Å². The average Bonchev–Trinajstić information content (AvgIpc) is 2.77. The fourth-order valence-corrected chi connectivity index (χ4v) is 4.51. The number of hydrogen-bond donors (Lipinski definition) is 2. The van der Waals surface area contributed by atoms with Gasteiger partial charge >= 0.3 is 6.09 Å². The summed E-state index contributed by atoms with van der Waals surface area (Å²) in [4.78, 5) is 17.8. The first kappa shape index (κ1) is 21.7. The van der Waals surface area contributed by atoms with Gasteiger partial charge in [-0.15, -0.1) is 0 Å². The molecular formula is C21H31ClN4O3. The molecule has 0 aliphatic carbocycles. The third kappa shape index (κ3) is 5.34. The topological polar surface area (TPSA) is 75.2 Å². The Morgan fingerprint density at radius 1 is 1.31 bits per heavy atom. The number of rotatable bonds is 4. The van der Waals surface area contributed by atoms with Gasteiger partial charge < -0.3 is 25.0 Å². The van der Waals surface area contributed by atoms with Gasteiger partial charge in [-0.05, 0) is 37.3 Å². The van der Waals surface area contributed by atoms with Crippen LogP contribution in [0.3, 0.4) is 0 Å². The summed E-state index contributed by atoms with van der Waals surface area (Å²) in [6, 6.07) is 8.35. The molecule has 0 saturated carbocycles. The van der Waals surface area contributed by atoms with E-state index >= 15 is 0 Å². The molecule has 0 atom stereocenters. The highest BCUT2D eigenvalue weighted by Crippen LogP contribution is 2.38. The fraction of sp³-hybridized carbons (Fsp3) is 0.619. The number of benzene rings is 1. The van der Waals surface area contributed by atoms with Crippen LogP contribution in [0.5, 0.6) is 0 Å². The van der Waals surface area contributed by atoms with E-state index < -0.39 is 0 Å². The Bertz CT molecular complexity index is 714. The summed E-state index contributed by atoms with van der Waals surface area (Å²) in [5, 5.41) is 7.82. The number of amides is 1. The number of halogens is 1. The summed E-state index contributed by atoms with van der Waals surface area (Å²) in [5.74, 6) is 0.777. The molecule has 2 N–H and O–H groups in total. The van der Waals surface area contributed by atoms with Crippen LogP contribution >= 0.6 is 11.6 Å². The van der Waals surface area contributed by atoms with Crippen molar-refractivity contribution in [3.63, 3.8) is 0 Å². The Balaban J connectivity index is 1.60. The predicted octanol–water partition coefficient (Wildman–Crippen LogP) is 2.78. The lowest BCUT2D eigenvalue weighted by atomic mass is 9.74. The van der Waals surface area contributed by atoms with Crippen molar-refractivity contribution in [1.82, 2.24) is 15.5 Å². The largest absolute Gasteiger partial charge is 0.453 e. The van der Waals surface area contributed by atoms with Crippen molar-refractivity contribution in [2.75, 3.05) is 47.0 Å². The van der Waals surface area contributed by atoms with E-state index in [0.717, 1.165) is 56.4 Å². The van der Waals surface area contributed by atoms with Gasteiger partial charge in [-0.3, -0.25) is 4.99 Å². The molecule has 160 valence electrons. The van der Waals surface area contributed by atoms with Crippen LogP contribution < -0.4 is 10.6 Å². The Morgan fingerprint density at radius 3 is 2.62 bits per heavy atom. The summed E-state index contributed by atoms with van der Waals surface area (Å²) in [6.07, 6.45) is 3.29. The molecule has 0 spiro atoms. The van der Waals surface area contributed by atoms with Crippen LogP contribution in [0.2, 0.25) is 5.02 Å². The van der Waals surface area contributed by atoms with Gasteiger partial charge in [0.1, 0.15) is 0 Å². The number of carbonyl (C=O) groups is 1. The van der Waals surface area contributed by atoms with Crippen LogP contribution in [-0.4, -0.2) is 70.0 Å². The predicted molar refractivity (Wildman–Crippen MR) is 115 cm³/mol. The van der Waals surface area contributed by atoms with E-state index in [9.17, 15) is 4.79 Å². The average molecular weight is 423 g/mol. The van der Waals surface area contributed by atoms with E-state index in [1.165, 1.54) is 12.7 Å². The van der Waals surface area contributed by atoms with Crippen LogP contribution in [0, 0.1) is 0 Å². The van der Waals surface area contributed by atoms with Gasteiger partial charge in [0, 0.05) is 56.4 Å². The molecule has 0 unspecified atom stereocenters. The van der Waals surface area contributed by atoms with Crippen LogP contribution in [-0.2, 0) is 14.9 Å². The van der Waals surface area contributed by atoms with Gasteiger partial charge in [-0.2, -0.15) is 0 Å². The maximum absolute atomic E-state index is 11.7. The lowest BCUT2D eigenvalue weighted by Crippen LogP contribution is -2.52. The quantitative estimate of drug-likeness (QED) is 0.576. The highest BCUT2D eigenvalue weighted by Gasteiger charge is 2.36. The molecule has 1 aromatic rings. The SMILES string of the molecule is CN=C(NCC1(c2ccccc2Cl)CCOCC1)NC1CCN(C(=O)OC)CC1. The summed E-state index contributed by atoms with van der Waals surface area (Å²) in [6.45, 7) is 3.56. The summed E-state index contributed by atoms with van der Waals surface area (Å²) < 4.78 is 10.4. The molecule has 2 fully saturated rings. The number of hydrogen-bond acceptors (Lipinski definition) is 4. The molecule has 0 aromatic heterocycles. The highest BCUT2D eigenvalue weighted by molar-refractivity contribution is 6.31. The zero-order chi connectivity index (χ0) is 20.7. The molecular weight excluding hydrogens is 392 g/mol. The Labute approximate surface area is 177 Å². The van der Waals surface area contributed by atoms with Crippen LogP contribution in [0.15, 0.2) is 29.3 Å². The molecule has 2 aliphatic rings. The van der Waals surface area contributed by atoms with Crippen molar-refractivity contribution in [1.29, 1.82) is 0 Å². The van der Waals surface area contributed by atoms with E-state index in [1.807, 2.05) is 18.2 Å². The molecule has 2 aliphatic heterocycles. The molecule has 2 saturated heterocycles. The molecule has 0 bridgehead atoms. The minimum Gasteiger partial charge on any atom is -0.453 e. The highest BCUT2D eigenvalue weighted by atomic mass is 35.5. The number of ether oxygens (including phenoxy) is 2. The number of carbonyl (C=O) groups excluding carboxylic acids is 1. The summed E-state index contributed by atoms with van der Waals surface area (Å²) >= 11 is 6.55. The van der Waals surface area contributed by atoms with Crippen molar-refractivity contribution in [2.45, 2.75) is 37.1 Å². The third-order valence-electron chi connectivity index (χ3n) is 5.98. The second-order valence-electron chi connectivity index (χ2n) is 7.67. The Kier molecular flexibility index (Phi) is 7.61. The second-order valence-corrected chi connectivity index (χ2v) is 8.08. The zero-order valence-electron chi connectivity index (χ0n) is 17.2. The number of nitrogens with one attached hydrogen (secondary N) is 2. The number of likely N-dealkylation sites (tertiary alicyclic amines) is 1. The number of methoxy groups -OCH3 is 1. The first-order valence-electron chi connectivity index (χ1n) is 10.2. The smallest absolute Gasteiger partial charge is 0.409 e. The lowest BCUT2D eigenvalue weighted by molar-refractivity contribution is 0.0513. The minimum absolute atomic E-state index is 0.0809. The maximum atomic E-state index is 11.7. The zero-order valence-corrected chi connectivity index (χ0v) is 18.0. The molecule has 1 aromatic carbocycles. The van der Waals surface area contributed by atoms with Gasteiger partial charge in [0.25, 0.3) is 0 Å². The molecule has 8 heteroatoms. The van der Waals surface area contributed by atoms with E-state index in [4.69, 9.17) is 21.1 Å². The Hall–Kier alpha value is -1.99. The normalized spacial score (nSPS) is 20.2. The van der Waals surface area contributed by atoms with Crippen LogP contribution in [0.25, 0.3) is 0 Å². The van der Waals surface area contributed by atoms with Crippen LogP contribution in [0.4, 0.5) is 4.79 Å². The monoisotopic (exact) mass is 422 g/mol. The van der Waals surface area contributed by atoms with Gasteiger partial charge in [0.05, 0.1) is 7.11 Å². The molecule has 3 rings (SSSR count). The standard InChI is InChI=1S/C21H31ClN4O3/c1-23-19(25-16-7-11-26(12-8-16)20(27)28-2)24-15-21(9-13-29-14-10-21)17-5-3-4-6-18(17)22/h3-6,16H,7-15H2,1-2H3,(H2,23,24,25). The maximum Gasteiger partial charge on any atom is 0.409 e.